The zero-order chi connectivity index (χ0) is 22.5. The van der Waals surface area contributed by atoms with Crippen molar-refractivity contribution < 1.29 is 4.74 Å². The Kier molecular flexibility index (Phi) is 7.29. The number of aryl methyl sites for hydroxylation is 1. The Bertz CT molecular complexity index is 1050. The molecule has 0 amide bonds. The van der Waals surface area contributed by atoms with Crippen molar-refractivity contribution in [3.8, 4) is 22.9 Å². The first-order valence-corrected chi connectivity index (χ1v) is 12.1. The third-order valence-electron chi connectivity index (χ3n) is 5.71. The van der Waals surface area contributed by atoms with Gasteiger partial charge in [0, 0.05) is 12.1 Å². The summed E-state index contributed by atoms with van der Waals surface area (Å²) in [5.41, 5.74) is 10.3. The minimum Gasteiger partial charge on any atom is -0.433 e. The number of likely N-dealkylation sites (tertiary alicyclic amines) is 1. The van der Waals surface area contributed by atoms with E-state index in [1.54, 1.807) is 24.3 Å². The van der Waals surface area contributed by atoms with Crippen molar-refractivity contribution in [1.82, 2.24) is 29.4 Å². The number of benzene rings is 1. The van der Waals surface area contributed by atoms with Crippen molar-refractivity contribution in [3.63, 3.8) is 0 Å². The zero-order valence-corrected chi connectivity index (χ0v) is 19.7. The lowest BCUT2D eigenvalue weighted by Gasteiger charge is -2.28. The summed E-state index contributed by atoms with van der Waals surface area (Å²) in [4.78, 5) is 11.4. The molecule has 9 heteroatoms. The van der Waals surface area contributed by atoms with Gasteiger partial charge in [-0.25, -0.2) is 9.97 Å². The van der Waals surface area contributed by atoms with Crippen LogP contribution in [0, 0.1) is 6.92 Å². The average molecular weight is 454 g/mol. The van der Waals surface area contributed by atoms with E-state index in [4.69, 9.17) is 10.5 Å². The number of hydrogen-bond acceptors (Lipinski definition) is 8. The third-order valence-corrected chi connectivity index (χ3v) is 6.21. The van der Waals surface area contributed by atoms with Gasteiger partial charge in [-0.1, -0.05) is 23.6 Å². The minimum absolute atomic E-state index is 0.262. The summed E-state index contributed by atoms with van der Waals surface area (Å²) in [5.74, 6) is 1.19. The average Bonchev–Trinajstić information content (AvgIpc) is 3.24. The van der Waals surface area contributed by atoms with Crippen LogP contribution in [0.5, 0.6) is 11.6 Å². The Hall–Kier alpha value is -2.62. The second-order valence-corrected chi connectivity index (χ2v) is 8.99. The molecule has 170 valence electrons. The number of nitrogens with zero attached hydrogens (tertiary/aromatic N) is 5. The number of aromatic nitrogens is 4. The highest BCUT2D eigenvalue weighted by Gasteiger charge is 2.20. The molecule has 1 aliphatic heterocycles. The van der Waals surface area contributed by atoms with E-state index in [-0.39, 0.29) is 5.82 Å². The second-order valence-electron chi connectivity index (χ2n) is 8.29. The molecule has 0 unspecified atom stereocenters. The lowest BCUT2D eigenvalue weighted by Crippen LogP contribution is -2.31. The fourth-order valence-corrected chi connectivity index (χ4v) is 4.30. The predicted octanol–water partition coefficient (Wildman–Crippen LogP) is 3.70. The van der Waals surface area contributed by atoms with Gasteiger partial charge in [0.25, 0.3) is 5.88 Å². The normalized spacial score (nSPS) is 15.2. The summed E-state index contributed by atoms with van der Waals surface area (Å²) in [5, 5.41) is 4.51. The first kappa shape index (κ1) is 22.6. The van der Waals surface area contributed by atoms with Gasteiger partial charge in [0.15, 0.2) is 11.6 Å². The van der Waals surface area contributed by atoms with Crippen molar-refractivity contribution in [2.75, 3.05) is 38.7 Å². The summed E-state index contributed by atoms with van der Waals surface area (Å²) in [6.45, 7) is 5.15. The molecular weight excluding hydrogens is 422 g/mol. The van der Waals surface area contributed by atoms with E-state index in [9.17, 15) is 0 Å². The van der Waals surface area contributed by atoms with Gasteiger partial charge in [0.05, 0.1) is 30.3 Å². The van der Waals surface area contributed by atoms with Crippen LogP contribution in [0.15, 0.2) is 36.8 Å². The van der Waals surface area contributed by atoms with Gasteiger partial charge in [-0.3, -0.25) is 9.40 Å². The van der Waals surface area contributed by atoms with Crippen LogP contribution in [-0.4, -0.2) is 57.6 Å². The Morgan fingerprint density at radius 2 is 2.03 bits per heavy atom. The number of nitrogens with two attached hydrogens (primary N) is 1. The number of nitrogens with one attached hydrogen (secondary N) is 1. The molecule has 3 N–H and O–H groups in total. The minimum atomic E-state index is 0.262. The topological polar surface area (TPSA) is 94.1 Å². The highest BCUT2D eigenvalue weighted by atomic mass is 32.2. The number of hydrogen-bond donors (Lipinski definition) is 2. The van der Waals surface area contributed by atoms with Gasteiger partial charge in [-0.2, -0.15) is 5.10 Å². The second kappa shape index (κ2) is 10.3. The van der Waals surface area contributed by atoms with E-state index >= 15 is 0 Å². The summed E-state index contributed by atoms with van der Waals surface area (Å²) >= 11 is 1.63. The predicted molar refractivity (Wildman–Crippen MR) is 130 cm³/mol. The molecule has 0 spiro atoms. The first-order chi connectivity index (χ1) is 15.5. The number of piperidine rings is 1. The maximum absolute atomic E-state index is 6.08. The fraction of sp³-hybridized carbons (Fsp3) is 0.435. The smallest absolute Gasteiger partial charge is 0.263 e. The fourth-order valence-electron chi connectivity index (χ4n) is 3.99. The summed E-state index contributed by atoms with van der Waals surface area (Å²) in [7, 11) is 2.15. The van der Waals surface area contributed by atoms with Gasteiger partial charge in [-0.15, -0.1) is 0 Å². The van der Waals surface area contributed by atoms with Gasteiger partial charge in [0.1, 0.15) is 0 Å². The molecule has 3 heterocycles. The molecular formula is C23H31N7OS. The standard InChI is InChI=1S/C23H31N7OS/c1-16-10-17(4-7-27-32-3)12-18(11-16)21-14-25-22(24)23(28-21)31-20-13-26-30(15-20)19-5-8-29(2)9-6-19/h10-15,19,27H,4-9H2,1-3H3,(H2,24,25). The van der Waals surface area contributed by atoms with E-state index in [0.717, 1.165) is 50.2 Å². The van der Waals surface area contributed by atoms with E-state index in [2.05, 4.69) is 56.9 Å². The van der Waals surface area contributed by atoms with Crippen LogP contribution >= 0.6 is 11.9 Å². The largest absolute Gasteiger partial charge is 0.433 e. The van der Waals surface area contributed by atoms with Gasteiger partial charge >= 0.3 is 0 Å². The summed E-state index contributed by atoms with van der Waals surface area (Å²) < 4.78 is 11.3. The van der Waals surface area contributed by atoms with Crippen LogP contribution in [0.25, 0.3) is 11.3 Å². The molecule has 1 aromatic carbocycles. The number of anilines is 1. The number of rotatable bonds is 8. The van der Waals surface area contributed by atoms with Crippen LogP contribution in [-0.2, 0) is 6.42 Å². The molecule has 0 atom stereocenters. The number of nitrogen functional groups attached to an aromatic ring is 1. The molecule has 8 nitrogen and oxygen atoms in total. The Morgan fingerprint density at radius 3 is 2.81 bits per heavy atom. The monoisotopic (exact) mass is 453 g/mol. The maximum atomic E-state index is 6.08. The lowest BCUT2D eigenvalue weighted by atomic mass is 10.0. The van der Waals surface area contributed by atoms with Crippen molar-refractivity contribution >= 4 is 17.8 Å². The molecule has 1 fully saturated rings. The van der Waals surface area contributed by atoms with Gasteiger partial charge in [-0.05, 0) is 70.3 Å². The Labute approximate surface area is 193 Å². The van der Waals surface area contributed by atoms with Gasteiger partial charge < -0.3 is 15.4 Å². The molecule has 1 aliphatic rings. The van der Waals surface area contributed by atoms with E-state index in [0.29, 0.717) is 17.7 Å². The van der Waals surface area contributed by atoms with Crippen LogP contribution in [0.2, 0.25) is 0 Å². The van der Waals surface area contributed by atoms with E-state index < -0.39 is 0 Å². The van der Waals surface area contributed by atoms with Crippen molar-refractivity contribution in [3.05, 3.63) is 47.9 Å². The zero-order valence-electron chi connectivity index (χ0n) is 18.9. The molecule has 0 radical (unpaired) electrons. The van der Waals surface area contributed by atoms with Crippen molar-refractivity contribution in [2.24, 2.45) is 0 Å². The van der Waals surface area contributed by atoms with Crippen molar-refractivity contribution in [2.45, 2.75) is 32.2 Å². The van der Waals surface area contributed by atoms with Crippen LogP contribution in [0.4, 0.5) is 5.82 Å². The molecule has 0 saturated carbocycles. The Balaban J connectivity index is 1.51. The molecule has 4 rings (SSSR count). The lowest BCUT2D eigenvalue weighted by molar-refractivity contribution is 0.212. The van der Waals surface area contributed by atoms with E-state index in [1.807, 2.05) is 17.1 Å². The first-order valence-electron chi connectivity index (χ1n) is 10.9. The number of ether oxygens (including phenoxy) is 1. The molecule has 2 aromatic heterocycles. The van der Waals surface area contributed by atoms with Crippen LogP contribution in [0.3, 0.4) is 0 Å². The van der Waals surface area contributed by atoms with E-state index in [1.165, 1.54) is 11.1 Å². The maximum Gasteiger partial charge on any atom is 0.263 e. The third kappa shape index (κ3) is 5.59. The highest BCUT2D eigenvalue weighted by Crippen LogP contribution is 2.29. The van der Waals surface area contributed by atoms with Crippen LogP contribution in [0.1, 0.15) is 30.0 Å². The highest BCUT2D eigenvalue weighted by molar-refractivity contribution is 7.96. The van der Waals surface area contributed by atoms with Gasteiger partial charge in [0.2, 0.25) is 0 Å². The molecule has 1 saturated heterocycles. The molecule has 0 bridgehead atoms. The molecule has 3 aromatic rings. The molecule has 0 aliphatic carbocycles. The van der Waals surface area contributed by atoms with Crippen LogP contribution < -0.4 is 15.2 Å². The molecule has 32 heavy (non-hydrogen) atoms. The summed E-state index contributed by atoms with van der Waals surface area (Å²) in [6, 6.07) is 6.85. The summed E-state index contributed by atoms with van der Waals surface area (Å²) in [6.07, 6.45) is 10.5. The van der Waals surface area contributed by atoms with Crippen molar-refractivity contribution in [1.29, 1.82) is 0 Å². The SMILES string of the molecule is CSNCCc1cc(C)cc(-c2cnc(N)c(Oc3cnn(C4CCN(C)CC4)c3)n2)c1. The Morgan fingerprint density at radius 1 is 1.22 bits per heavy atom. The quantitative estimate of drug-likeness (QED) is 0.394.